The Labute approximate surface area is 97.0 Å². The minimum atomic E-state index is -3.21. The molecular formula is C11H9BrO2S. The molecule has 0 aliphatic carbocycles. The van der Waals surface area contributed by atoms with E-state index in [9.17, 15) is 8.42 Å². The number of alkyl halides is 1. The van der Waals surface area contributed by atoms with E-state index >= 15 is 0 Å². The zero-order chi connectivity index (χ0) is 10.9. The van der Waals surface area contributed by atoms with E-state index in [1.54, 1.807) is 12.1 Å². The zero-order valence-electron chi connectivity index (χ0n) is 7.85. The average molecular weight is 285 g/mol. The molecule has 0 fully saturated rings. The first-order valence-electron chi connectivity index (χ1n) is 4.41. The van der Waals surface area contributed by atoms with Gasteiger partial charge in [-0.05, 0) is 11.5 Å². The number of rotatable bonds is 2. The molecule has 0 radical (unpaired) electrons. The monoisotopic (exact) mass is 284 g/mol. The van der Waals surface area contributed by atoms with Crippen LogP contribution in [-0.2, 0) is 9.84 Å². The summed E-state index contributed by atoms with van der Waals surface area (Å²) in [6.07, 6.45) is 0. The van der Waals surface area contributed by atoms with E-state index in [-0.39, 0.29) is 4.66 Å². The second kappa shape index (κ2) is 3.94. The Balaban J connectivity index is 2.83. The van der Waals surface area contributed by atoms with Gasteiger partial charge in [0.15, 0.2) is 9.84 Å². The van der Waals surface area contributed by atoms with Gasteiger partial charge in [0.05, 0.1) is 4.90 Å². The fraction of sp³-hybridized carbons (Fsp3) is 0.0909. The largest absolute Gasteiger partial charge is 0.223 e. The molecule has 0 aliphatic heterocycles. The van der Waals surface area contributed by atoms with Crippen LogP contribution in [-0.4, -0.2) is 13.1 Å². The third-order valence-corrected chi connectivity index (χ3v) is 5.35. The molecule has 0 heterocycles. The molecule has 0 spiro atoms. The molecule has 0 aliphatic rings. The molecule has 4 heteroatoms. The van der Waals surface area contributed by atoms with Crippen molar-refractivity contribution < 1.29 is 8.42 Å². The van der Waals surface area contributed by atoms with Gasteiger partial charge in [0.1, 0.15) is 4.66 Å². The second-order valence-electron chi connectivity index (χ2n) is 3.20. The molecule has 2 rings (SSSR count). The van der Waals surface area contributed by atoms with Crippen molar-refractivity contribution in [3.8, 4) is 0 Å². The molecule has 2 nitrogen and oxygen atoms in total. The average Bonchev–Trinajstić information content (AvgIpc) is 2.28. The summed E-state index contributed by atoms with van der Waals surface area (Å²) in [6.45, 7) is 0. The van der Waals surface area contributed by atoms with Gasteiger partial charge in [0, 0.05) is 5.39 Å². The van der Waals surface area contributed by atoms with Gasteiger partial charge in [-0.25, -0.2) is 8.42 Å². The van der Waals surface area contributed by atoms with Gasteiger partial charge in [0.2, 0.25) is 0 Å². The van der Waals surface area contributed by atoms with E-state index in [0.717, 1.165) is 10.8 Å². The van der Waals surface area contributed by atoms with Crippen molar-refractivity contribution in [1.29, 1.82) is 0 Å². The summed E-state index contributed by atoms with van der Waals surface area (Å²) in [7, 11) is -3.21. The first-order chi connectivity index (χ1) is 7.15. The highest BCUT2D eigenvalue weighted by molar-refractivity contribution is 9.10. The van der Waals surface area contributed by atoms with Gasteiger partial charge in [-0.1, -0.05) is 52.3 Å². The SMILES string of the molecule is O=S(=O)(CBr)c1cccc2ccccc12. The highest BCUT2D eigenvalue weighted by Gasteiger charge is 2.14. The molecule has 0 aromatic heterocycles. The molecule has 0 amide bonds. The molecule has 0 unspecified atom stereocenters. The van der Waals surface area contributed by atoms with Crippen molar-refractivity contribution in [3.05, 3.63) is 42.5 Å². The van der Waals surface area contributed by atoms with E-state index in [1.807, 2.05) is 30.3 Å². The fourth-order valence-corrected chi connectivity index (χ4v) is 3.19. The van der Waals surface area contributed by atoms with Gasteiger partial charge >= 0.3 is 0 Å². The maximum Gasteiger partial charge on any atom is 0.188 e. The normalized spacial score (nSPS) is 11.8. The van der Waals surface area contributed by atoms with Crippen molar-refractivity contribution in [2.45, 2.75) is 4.90 Å². The van der Waals surface area contributed by atoms with Crippen molar-refractivity contribution in [2.24, 2.45) is 0 Å². The quantitative estimate of drug-likeness (QED) is 0.795. The van der Waals surface area contributed by atoms with E-state index in [1.165, 1.54) is 0 Å². The highest BCUT2D eigenvalue weighted by atomic mass is 79.9. The molecule has 0 bridgehead atoms. The first-order valence-corrected chi connectivity index (χ1v) is 7.19. The van der Waals surface area contributed by atoms with Gasteiger partial charge in [-0.3, -0.25) is 0 Å². The molecular weight excluding hydrogens is 276 g/mol. The Morgan fingerprint density at radius 1 is 1.00 bits per heavy atom. The lowest BCUT2D eigenvalue weighted by Crippen LogP contribution is -2.02. The molecule has 15 heavy (non-hydrogen) atoms. The standard InChI is InChI=1S/C11H9BrO2S/c12-8-15(13,14)11-7-3-5-9-4-1-2-6-10(9)11/h1-7H,8H2. The lowest BCUT2D eigenvalue weighted by atomic mass is 10.1. The lowest BCUT2D eigenvalue weighted by molar-refractivity contribution is 0.602. The molecule has 0 N–H and O–H groups in total. The molecule has 78 valence electrons. The summed E-state index contributed by atoms with van der Waals surface area (Å²) in [5.41, 5.74) is 0. The van der Waals surface area contributed by atoms with Crippen LogP contribution in [0.1, 0.15) is 0 Å². The Bertz CT molecular complexity index is 585. The Morgan fingerprint density at radius 3 is 2.40 bits per heavy atom. The van der Waals surface area contributed by atoms with Crippen molar-refractivity contribution in [1.82, 2.24) is 0 Å². The Morgan fingerprint density at radius 2 is 1.67 bits per heavy atom. The number of benzene rings is 2. The minimum Gasteiger partial charge on any atom is -0.223 e. The van der Waals surface area contributed by atoms with Crippen LogP contribution in [0.15, 0.2) is 47.4 Å². The maximum absolute atomic E-state index is 11.8. The molecule has 0 saturated carbocycles. The van der Waals surface area contributed by atoms with E-state index in [0.29, 0.717) is 4.90 Å². The predicted octanol–water partition coefficient (Wildman–Crippen LogP) is 2.97. The van der Waals surface area contributed by atoms with Gasteiger partial charge < -0.3 is 0 Å². The number of fused-ring (bicyclic) bond motifs is 1. The van der Waals surface area contributed by atoms with E-state index in [4.69, 9.17) is 0 Å². The van der Waals surface area contributed by atoms with Gasteiger partial charge in [-0.15, -0.1) is 0 Å². The second-order valence-corrected chi connectivity index (χ2v) is 6.46. The summed E-state index contributed by atoms with van der Waals surface area (Å²) in [4.78, 5) is 0.387. The lowest BCUT2D eigenvalue weighted by Gasteiger charge is -2.04. The van der Waals surface area contributed by atoms with Crippen LogP contribution >= 0.6 is 15.9 Å². The van der Waals surface area contributed by atoms with Crippen molar-refractivity contribution in [3.63, 3.8) is 0 Å². The van der Waals surface area contributed by atoms with Crippen LogP contribution in [0.3, 0.4) is 0 Å². The number of sulfone groups is 1. The molecule has 0 atom stereocenters. The third-order valence-electron chi connectivity index (χ3n) is 2.23. The number of hydrogen-bond acceptors (Lipinski definition) is 2. The van der Waals surface area contributed by atoms with Crippen LogP contribution < -0.4 is 0 Å². The topological polar surface area (TPSA) is 34.1 Å². The maximum atomic E-state index is 11.8. The summed E-state index contributed by atoms with van der Waals surface area (Å²) in [5, 5.41) is 1.72. The van der Waals surface area contributed by atoms with E-state index in [2.05, 4.69) is 15.9 Å². The summed E-state index contributed by atoms with van der Waals surface area (Å²) < 4.78 is 23.5. The van der Waals surface area contributed by atoms with Crippen LogP contribution in [0, 0.1) is 0 Å². The zero-order valence-corrected chi connectivity index (χ0v) is 10.3. The van der Waals surface area contributed by atoms with Gasteiger partial charge in [-0.2, -0.15) is 0 Å². The smallest absolute Gasteiger partial charge is 0.188 e. The van der Waals surface area contributed by atoms with Crippen LogP contribution in [0.5, 0.6) is 0 Å². The summed E-state index contributed by atoms with van der Waals surface area (Å²) in [5.74, 6) is 0. The fourth-order valence-electron chi connectivity index (χ4n) is 1.53. The number of hydrogen-bond donors (Lipinski definition) is 0. The Hall–Kier alpha value is -0.870. The summed E-state index contributed by atoms with van der Waals surface area (Å²) >= 11 is 3.01. The summed E-state index contributed by atoms with van der Waals surface area (Å²) in [6, 6.07) is 12.8. The van der Waals surface area contributed by atoms with Crippen molar-refractivity contribution >= 4 is 36.5 Å². The van der Waals surface area contributed by atoms with Crippen LogP contribution in [0.2, 0.25) is 0 Å². The van der Waals surface area contributed by atoms with Crippen LogP contribution in [0.4, 0.5) is 0 Å². The minimum absolute atomic E-state index is 0.0476. The Kier molecular flexibility index (Phi) is 2.80. The predicted molar refractivity (Wildman–Crippen MR) is 64.9 cm³/mol. The highest BCUT2D eigenvalue weighted by Crippen LogP contribution is 2.24. The molecule has 2 aromatic rings. The van der Waals surface area contributed by atoms with E-state index < -0.39 is 9.84 Å². The van der Waals surface area contributed by atoms with Gasteiger partial charge in [0.25, 0.3) is 0 Å². The third kappa shape index (κ3) is 1.92. The molecule has 0 saturated heterocycles. The van der Waals surface area contributed by atoms with Crippen molar-refractivity contribution in [2.75, 3.05) is 4.66 Å². The van der Waals surface area contributed by atoms with Crippen LogP contribution in [0.25, 0.3) is 10.8 Å². The molecule has 2 aromatic carbocycles. The number of halogens is 1. The first kappa shape index (κ1) is 10.6.